The van der Waals surface area contributed by atoms with Gasteiger partial charge in [0.1, 0.15) is 5.37 Å². The quantitative estimate of drug-likeness (QED) is 0.855. The predicted molar refractivity (Wildman–Crippen MR) is 86.8 cm³/mol. The van der Waals surface area contributed by atoms with Crippen LogP contribution in [0, 0.1) is 0 Å². The third-order valence-electron chi connectivity index (χ3n) is 3.46. The molecule has 1 saturated heterocycles. The molecule has 0 saturated carbocycles. The molecule has 2 rings (SSSR count). The van der Waals surface area contributed by atoms with Gasteiger partial charge >= 0.3 is 0 Å². The fourth-order valence-electron chi connectivity index (χ4n) is 2.23. The lowest BCUT2D eigenvalue weighted by Gasteiger charge is -2.34. The van der Waals surface area contributed by atoms with Crippen LogP contribution < -0.4 is 5.73 Å². The Labute approximate surface area is 129 Å². The second-order valence-corrected chi connectivity index (χ2v) is 8.81. The van der Waals surface area contributed by atoms with E-state index in [0.717, 1.165) is 17.9 Å². The van der Waals surface area contributed by atoms with Crippen molar-refractivity contribution in [3.8, 4) is 0 Å². The van der Waals surface area contributed by atoms with Gasteiger partial charge in [-0.15, -0.1) is 0 Å². The zero-order chi connectivity index (χ0) is 14.8. The molecule has 0 bridgehead atoms. The molecule has 112 valence electrons. The number of thioether (sulfide) groups is 1. The van der Waals surface area contributed by atoms with Crippen molar-refractivity contribution in [2.24, 2.45) is 0 Å². The number of benzene rings is 1. The Morgan fingerprint density at radius 2 is 2.25 bits per heavy atom. The maximum Gasteiger partial charge on any atom is 0.166 e. The normalized spacial score (nSPS) is 21.0. The fraction of sp³-hybridized carbons (Fsp3) is 0.538. The van der Waals surface area contributed by atoms with Crippen LogP contribution in [0.5, 0.6) is 0 Å². The van der Waals surface area contributed by atoms with Crippen LogP contribution >= 0.6 is 23.4 Å². The van der Waals surface area contributed by atoms with E-state index in [1.165, 1.54) is 0 Å². The molecule has 1 aromatic carbocycles. The van der Waals surface area contributed by atoms with E-state index in [1.54, 1.807) is 30.8 Å². The van der Waals surface area contributed by atoms with Gasteiger partial charge in [-0.1, -0.05) is 24.6 Å². The van der Waals surface area contributed by atoms with Crippen LogP contribution in [0.3, 0.4) is 0 Å². The molecule has 0 radical (unpaired) electrons. The van der Waals surface area contributed by atoms with Gasteiger partial charge in [0.25, 0.3) is 0 Å². The van der Waals surface area contributed by atoms with E-state index in [4.69, 9.17) is 17.3 Å². The maximum atomic E-state index is 12.2. The lowest BCUT2D eigenvalue weighted by Crippen LogP contribution is -2.47. The van der Waals surface area contributed by atoms with E-state index in [9.17, 15) is 8.42 Å². The molecule has 1 atom stereocenters. The summed E-state index contributed by atoms with van der Waals surface area (Å²) in [5, 5.41) is 0.177. The number of rotatable bonds is 4. The first-order valence-corrected chi connectivity index (χ1v) is 9.76. The van der Waals surface area contributed by atoms with Gasteiger partial charge < -0.3 is 5.73 Å². The molecular weight excluding hydrogens is 316 g/mol. The van der Waals surface area contributed by atoms with Gasteiger partial charge in [-0.3, -0.25) is 4.90 Å². The summed E-state index contributed by atoms with van der Waals surface area (Å²) in [6.07, 6.45) is 0. The van der Waals surface area contributed by atoms with Crippen molar-refractivity contribution in [3.63, 3.8) is 0 Å². The van der Waals surface area contributed by atoms with E-state index in [-0.39, 0.29) is 5.75 Å². The molecule has 1 fully saturated rings. The first-order valence-electron chi connectivity index (χ1n) is 6.51. The van der Waals surface area contributed by atoms with Crippen molar-refractivity contribution in [2.75, 3.05) is 29.5 Å². The summed E-state index contributed by atoms with van der Waals surface area (Å²) in [6.45, 7) is 3.00. The van der Waals surface area contributed by atoms with Crippen molar-refractivity contribution in [1.82, 2.24) is 4.90 Å². The second kappa shape index (κ2) is 6.56. The Kier molecular flexibility index (Phi) is 5.23. The molecule has 0 aliphatic carbocycles. The van der Waals surface area contributed by atoms with Gasteiger partial charge in [-0.2, -0.15) is 11.8 Å². The first kappa shape index (κ1) is 15.9. The van der Waals surface area contributed by atoms with Crippen LogP contribution in [0.25, 0.3) is 0 Å². The summed E-state index contributed by atoms with van der Waals surface area (Å²) in [4.78, 5) is 2.01. The van der Waals surface area contributed by atoms with Crippen LogP contribution in [-0.4, -0.2) is 42.5 Å². The van der Waals surface area contributed by atoms with E-state index in [1.807, 2.05) is 11.0 Å². The summed E-state index contributed by atoms with van der Waals surface area (Å²) in [5.74, 6) is 1.75. The number of nitrogens with two attached hydrogens (primary N) is 1. The molecule has 1 aromatic rings. The van der Waals surface area contributed by atoms with Gasteiger partial charge in [0.05, 0.1) is 0 Å². The zero-order valence-corrected chi connectivity index (χ0v) is 13.8. The molecule has 20 heavy (non-hydrogen) atoms. The average Bonchev–Trinajstić information content (AvgIpc) is 2.42. The van der Waals surface area contributed by atoms with E-state index < -0.39 is 15.2 Å². The van der Waals surface area contributed by atoms with Crippen molar-refractivity contribution >= 4 is 38.9 Å². The molecule has 0 spiro atoms. The Morgan fingerprint density at radius 3 is 2.90 bits per heavy atom. The highest BCUT2D eigenvalue weighted by Gasteiger charge is 2.32. The Balaban J connectivity index is 2.21. The van der Waals surface area contributed by atoms with Gasteiger partial charge in [0.15, 0.2) is 9.84 Å². The molecule has 4 nitrogen and oxygen atoms in total. The number of nitrogen functional groups attached to an aromatic ring is 1. The van der Waals surface area contributed by atoms with Gasteiger partial charge in [0, 0.05) is 41.1 Å². The number of nitrogens with zero attached hydrogens (tertiary/aromatic N) is 1. The summed E-state index contributed by atoms with van der Waals surface area (Å²) in [7, 11) is -3.07. The molecule has 0 amide bonds. The summed E-state index contributed by atoms with van der Waals surface area (Å²) < 4.78 is 24.4. The number of halogens is 1. The highest BCUT2D eigenvalue weighted by Crippen LogP contribution is 2.26. The summed E-state index contributed by atoms with van der Waals surface area (Å²) >= 11 is 7.88. The number of hydrogen-bond donors (Lipinski definition) is 1. The van der Waals surface area contributed by atoms with E-state index >= 15 is 0 Å². The van der Waals surface area contributed by atoms with Gasteiger partial charge in [-0.25, -0.2) is 8.42 Å². The standard InChI is InChI=1S/C13H19ClN2O2S2/c1-2-20(17,18)13-9-19-6-5-16(13)8-10-3-4-11(15)7-12(10)14/h3-4,7,13H,2,5-6,8-9,15H2,1H3. The Hall–Kier alpha value is -0.430. The number of sulfone groups is 1. The summed E-state index contributed by atoms with van der Waals surface area (Å²) in [5.41, 5.74) is 7.22. The van der Waals surface area contributed by atoms with E-state index in [0.29, 0.717) is 23.0 Å². The largest absolute Gasteiger partial charge is 0.399 e. The number of hydrogen-bond acceptors (Lipinski definition) is 5. The molecule has 1 heterocycles. The Bertz CT molecular complexity index is 578. The molecule has 0 aromatic heterocycles. The van der Waals surface area contributed by atoms with Crippen LogP contribution in [0.2, 0.25) is 5.02 Å². The fourth-order valence-corrected chi connectivity index (χ4v) is 5.56. The van der Waals surface area contributed by atoms with Crippen molar-refractivity contribution in [2.45, 2.75) is 18.8 Å². The van der Waals surface area contributed by atoms with Crippen LogP contribution in [0.15, 0.2) is 18.2 Å². The minimum atomic E-state index is -3.07. The zero-order valence-electron chi connectivity index (χ0n) is 11.4. The van der Waals surface area contributed by atoms with Gasteiger partial charge in [0.2, 0.25) is 0 Å². The minimum Gasteiger partial charge on any atom is -0.399 e. The Morgan fingerprint density at radius 1 is 1.50 bits per heavy atom. The molecular formula is C13H19ClN2O2S2. The van der Waals surface area contributed by atoms with Gasteiger partial charge in [-0.05, 0) is 17.7 Å². The highest BCUT2D eigenvalue weighted by molar-refractivity contribution is 8.01. The molecule has 2 N–H and O–H groups in total. The highest BCUT2D eigenvalue weighted by atomic mass is 35.5. The lowest BCUT2D eigenvalue weighted by atomic mass is 10.2. The molecule has 7 heteroatoms. The lowest BCUT2D eigenvalue weighted by molar-refractivity contribution is 0.262. The van der Waals surface area contributed by atoms with Crippen LogP contribution in [0.1, 0.15) is 12.5 Å². The average molecular weight is 335 g/mol. The third kappa shape index (κ3) is 3.61. The first-order chi connectivity index (χ1) is 9.44. The predicted octanol–water partition coefficient (Wildman–Crippen LogP) is 2.23. The third-order valence-corrected chi connectivity index (χ3v) is 7.14. The van der Waals surface area contributed by atoms with Crippen molar-refractivity contribution in [3.05, 3.63) is 28.8 Å². The second-order valence-electron chi connectivity index (χ2n) is 4.80. The van der Waals surface area contributed by atoms with E-state index in [2.05, 4.69) is 0 Å². The maximum absolute atomic E-state index is 12.2. The molecule has 1 unspecified atom stereocenters. The molecule has 1 aliphatic heterocycles. The van der Waals surface area contributed by atoms with Crippen molar-refractivity contribution < 1.29 is 8.42 Å². The summed E-state index contributed by atoms with van der Waals surface area (Å²) in [6, 6.07) is 5.37. The topological polar surface area (TPSA) is 63.4 Å². The van der Waals surface area contributed by atoms with Crippen molar-refractivity contribution in [1.29, 1.82) is 0 Å². The monoisotopic (exact) mass is 334 g/mol. The minimum absolute atomic E-state index is 0.171. The molecule has 1 aliphatic rings. The van der Waals surface area contributed by atoms with Crippen LogP contribution in [-0.2, 0) is 16.4 Å². The SMILES string of the molecule is CCS(=O)(=O)C1CSCCN1Cc1ccc(N)cc1Cl. The smallest absolute Gasteiger partial charge is 0.166 e. The van der Waals surface area contributed by atoms with Crippen LogP contribution in [0.4, 0.5) is 5.69 Å². The number of anilines is 1.